The number of piperidine rings is 1. The van der Waals surface area contributed by atoms with Crippen LogP contribution in [0.15, 0.2) is 30.3 Å². The Morgan fingerprint density at radius 2 is 2.00 bits per heavy atom. The number of likely N-dealkylation sites (tertiary alicyclic amines) is 1. The zero-order valence-corrected chi connectivity index (χ0v) is 18.1. The Labute approximate surface area is 179 Å². The minimum Gasteiger partial charge on any atom is -0.384 e. The summed E-state index contributed by atoms with van der Waals surface area (Å²) in [4.78, 5) is 26.8. The number of hydrogen-bond donors (Lipinski definition) is 0. The van der Waals surface area contributed by atoms with Gasteiger partial charge in [-0.05, 0) is 38.2 Å². The van der Waals surface area contributed by atoms with Crippen molar-refractivity contribution in [3.63, 3.8) is 0 Å². The van der Waals surface area contributed by atoms with Gasteiger partial charge in [-0.15, -0.1) is 0 Å². The number of fused-ring (bicyclic) bond motifs is 1. The van der Waals surface area contributed by atoms with Gasteiger partial charge in [0.15, 0.2) is 0 Å². The van der Waals surface area contributed by atoms with Crippen molar-refractivity contribution in [2.45, 2.75) is 51.5 Å². The molecule has 1 aromatic heterocycles. The van der Waals surface area contributed by atoms with Crippen LogP contribution in [0.5, 0.6) is 0 Å². The van der Waals surface area contributed by atoms with E-state index in [0.29, 0.717) is 19.6 Å². The molecule has 1 unspecified atom stereocenters. The topological polar surface area (TPSA) is 58.6 Å². The lowest BCUT2D eigenvalue weighted by atomic mass is 9.95. The first-order valence-electron chi connectivity index (χ1n) is 11.1. The fraction of sp³-hybridized carbons (Fsp3) is 0.542. The van der Waals surface area contributed by atoms with E-state index in [-0.39, 0.29) is 11.8 Å². The molecule has 1 amide bonds. The summed E-state index contributed by atoms with van der Waals surface area (Å²) in [5.74, 6) is 2.36. The molecule has 0 radical (unpaired) electrons. The number of rotatable bonds is 6. The van der Waals surface area contributed by atoms with Crippen molar-refractivity contribution in [2.24, 2.45) is 0 Å². The van der Waals surface area contributed by atoms with Crippen molar-refractivity contribution in [1.82, 2.24) is 14.9 Å². The molecule has 1 atom stereocenters. The molecule has 30 heavy (non-hydrogen) atoms. The van der Waals surface area contributed by atoms with Gasteiger partial charge in [-0.25, -0.2) is 9.97 Å². The minimum absolute atomic E-state index is 0.168. The largest absolute Gasteiger partial charge is 0.384 e. The van der Waals surface area contributed by atoms with Gasteiger partial charge < -0.3 is 14.5 Å². The van der Waals surface area contributed by atoms with Gasteiger partial charge >= 0.3 is 0 Å². The van der Waals surface area contributed by atoms with Crippen molar-refractivity contribution < 1.29 is 9.53 Å². The highest BCUT2D eigenvalue weighted by Crippen LogP contribution is 2.32. The molecule has 1 aromatic carbocycles. The van der Waals surface area contributed by atoms with Crippen molar-refractivity contribution in [3.8, 4) is 0 Å². The molecule has 0 saturated carbocycles. The average molecular weight is 409 g/mol. The van der Waals surface area contributed by atoms with Crippen LogP contribution in [-0.4, -0.2) is 54.1 Å². The van der Waals surface area contributed by atoms with E-state index >= 15 is 0 Å². The summed E-state index contributed by atoms with van der Waals surface area (Å²) < 4.78 is 5.08. The van der Waals surface area contributed by atoms with E-state index in [1.807, 2.05) is 4.90 Å². The summed E-state index contributed by atoms with van der Waals surface area (Å²) in [6.07, 6.45) is 4.65. The molecule has 0 bridgehead atoms. The number of anilines is 1. The Kier molecular flexibility index (Phi) is 6.62. The van der Waals surface area contributed by atoms with Crippen molar-refractivity contribution in [1.29, 1.82) is 0 Å². The maximum Gasteiger partial charge on any atom is 0.224 e. The Morgan fingerprint density at radius 3 is 2.80 bits per heavy atom. The molecule has 6 heteroatoms. The predicted octanol–water partition coefficient (Wildman–Crippen LogP) is 3.48. The zero-order valence-electron chi connectivity index (χ0n) is 18.1. The predicted molar refractivity (Wildman–Crippen MR) is 118 cm³/mol. The van der Waals surface area contributed by atoms with Crippen LogP contribution in [0.1, 0.15) is 54.2 Å². The molecule has 3 heterocycles. The fourth-order valence-electron chi connectivity index (χ4n) is 4.61. The summed E-state index contributed by atoms with van der Waals surface area (Å²) in [6, 6.07) is 10.6. The normalized spacial score (nSPS) is 18.9. The van der Waals surface area contributed by atoms with E-state index in [2.05, 4.69) is 42.2 Å². The standard InChI is InChI=1S/C24H32N4O2/c1-18-21-11-7-14-28(16-19-8-4-3-5-9-19)24(21)26-23(25-18)20-10-6-13-27(17-20)22(29)12-15-30-2/h3-5,8-9,20H,6-7,10-17H2,1-2H3. The van der Waals surface area contributed by atoms with Gasteiger partial charge in [0.1, 0.15) is 11.6 Å². The van der Waals surface area contributed by atoms with Gasteiger partial charge in [0.25, 0.3) is 0 Å². The van der Waals surface area contributed by atoms with Crippen molar-refractivity contribution in [3.05, 3.63) is 53.0 Å². The zero-order chi connectivity index (χ0) is 20.9. The number of aromatic nitrogens is 2. The van der Waals surface area contributed by atoms with Crippen LogP contribution in [0.4, 0.5) is 5.82 Å². The van der Waals surface area contributed by atoms with Crippen molar-refractivity contribution >= 4 is 11.7 Å². The van der Waals surface area contributed by atoms with E-state index in [9.17, 15) is 4.79 Å². The number of carbonyl (C=O) groups is 1. The Balaban J connectivity index is 1.55. The molecule has 4 rings (SSSR count). The van der Waals surface area contributed by atoms with E-state index in [1.54, 1.807) is 7.11 Å². The van der Waals surface area contributed by atoms with E-state index in [4.69, 9.17) is 14.7 Å². The number of hydrogen-bond acceptors (Lipinski definition) is 5. The van der Waals surface area contributed by atoms with Crippen LogP contribution >= 0.6 is 0 Å². The van der Waals surface area contributed by atoms with Crippen LogP contribution in [-0.2, 0) is 22.5 Å². The van der Waals surface area contributed by atoms with Crippen LogP contribution in [0.2, 0.25) is 0 Å². The van der Waals surface area contributed by atoms with Gasteiger partial charge in [0.05, 0.1) is 13.0 Å². The first kappa shape index (κ1) is 20.8. The molecule has 2 aliphatic heterocycles. The van der Waals surface area contributed by atoms with Crippen LogP contribution in [0.3, 0.4) is 0 Å². The molecule has 1 saturated heterocycles. The lowest BCUT2D eigenvalue weighted by molar-refractivity contribution is -0.133. The number of nitrogens with zero attached hydrogens (tertiary/aromatic N) is 4. The summed E-state index contributed by atoms with van der Waals surface area (Å²) in [7, 11) is 1.64. The van der Waals surface area contributed by atoms with Crippen molar-refractivity contribution in [2.75, 3.05) is 38.3 Å². The second-order valence-electron chi connectivity index (χ2n) is 8.40. The summed E-state index contributed by atoms with van der Waals surface area (Å²) in [5.41, 5.74) is 3.68. The Hall–Kier alpha value is -2.47. The average Bonchev–Trinajstić information content (AvgIpc) is 2.78. The van der Waals surface area contributed by atoms with Gasteiger partial charge in [-0.2, -0.15) is 0 Å². The molecule has 0 spiro atoms. The fourth-order valence-corrected chi connectivity index (χ4v) is 4.61. The van der Waals surface area contributed by atoms with Crippen LogP contribution < -0.4 is 4.90 Å². The first-order valence-corrected chi connectivity index (χ1v) is 11.1. The Bertz CT molecular complexity index is 871. The van der Waals surface area contributed by atoms with E-state index < -0.39 is 0 Å². The quantitative estimate of drug-likeness (QED) is 0.732. The highest BCUT2D eigenvalue weighted by atomic mass is 16.5. The maximum absolute atomic E-state index is 12.5. The number of aryl methyl sites for hydroxylation is 1. The summed E-state index contributed by atoms with van der Waals surface area (Å²) in [5, 5.41) is 0. The van der Waals surface area contributed by atoms with E-state index in [0.717, 1.165) is 62.7 Å². The molecule has 6 nitrogen and oxygen atoms in total. The van der Waals surface area contributed by atoms with Crippen LogP contribution in [0.25, 0.3) is 0 Å². The third kappa shape index (κ3) is 4.64. The highest BCUT2D eigenvalue weighted by molar-refractivity contribution is 5.76. The third-order valence-electron chi connectivity index (χ3n) is 6.24. The summed E-state index contributed by atoms with van der Waals surface area (Å²) >= 11 is 0. The van der Waals surface area contributed by atoms with Gasteiger partial charge in [0.2, 0.25) is 5.91 Å². The van der Waals surface area contributed by atoms with Gasteiger partial charge in [-0.1, -0.05) is 30.3 Å². The third-order valence-corrected chi connectivity index (χ3v) is 6.24. The van der Waals surface area contributed by atoms with Gasteiger partial charge in [0, 0.05) is 50.5 Å². The molecule has 2 aliphatic rings. The minimum atomic E-state index is 0.168. The number of methoxy groups -OCH3 is 1. The summed E-state index contributed by atoms with van der Waals surface area (Å²) in [6.45, 7) is 6.01. The smallest absolute Gasteiger partial charge is 0.224 e. The van der Waals surface area contributed by atoms with E-state index in [1.165, 1.54) is 11.1 Å². The molecular formula is C24H32N4O2. The molecule has 160 valence electrons. The molecule has 1 fully saturated rings. The monoisotopic (exact) mass is 408 g/mol. The van der Waals surface area contributed by atoms with Crippen LogP contribution in [0, 0.1) is 6.92 Å². The molecular weight excluding hydrogens is 376 g/mol. The lowest BCUT2D eigenvalue weighted by Crippen LogP contribution is -2.40. The molecule has 2 aromatic rings. The SMILES string of the molecule is COCCC(=O)N1CCCC(c2nc(C)c3c(n2)N(Cc2ccccc2)CCC3)C1. The highest BCUT2D eigenvalue weighted by Gasteiger charge is 2.29. The molecule has 0 aliphatic carbocycles. The number of ether oxygens (including phenoxy) is 1. The number of amides is 1. The maximum atomic E-state index is 12.5. The number of benzene rings is 1. The second-order valence-corrected chi connectivity index (χ2v) is 8.40. The lowest BCUT2D eigenvalue weighted by Gasteiger charge is -2.34. The van der Waals surface area contributed by atoms with Gasteiger partial charge in [-0.3, -0.25) is 4.79 Å². The number of carbonyl (C=O) groups excluding carboxylic acids is 1. The second kappa shape index (κ2) is 9.56. The Morgan fingerprint density at radius 1 is 1.17 bits per heavy atom. The first-order chi connectivity index (χ1) is 14.7. The molecule has 0 N–H and O–H groups in total.